The number of aromatic nitrogens is 4. The van der Waals surface area contributed by atoms with Crippen LogP contribution in [0.3, 0.4) is 0 Å². The van der Waals surface area contributed by atoms with Crippen LogP contribution in [0, 0.1) is 0 Å². The highest BCUT2D eigenvalue weighted by Crippen LogP contribution is 2.34. The maximum absolute atomic E-state index is 12.3. The summed E-state index contributed by atoms with van der Waals surface area (Å²) in [5.74, 6) is 2.47. The molecule has 3 heterocycles. The van der Waals surface area contributed by atoms with Crippen LogP contribution in [-0.2, 0) is 22.7 Å². The van der Waals surface area contributed by atoms with Gasteiger partial charge in [-0.05, 0) is 36.8 Å². The second kappa shape index (κ2) is 12.0. The zero-order chi connectivity index (χ0) is 28.2. The van der Waals surface area contributed by atoms with E-state index >= 15 is 0 Å². The van der Waals surface area contributed by atoms with Gasteiger partial charge in [0.25, 0.3) is 0 Å². The van der Waals surface area contributed by atoms with Crippen LogP contribution in [0.15, 0.2) is 47.0 Å². The molecule has 0 aliphatic carbocycles. The molecule has 10 nitrogen and oxygen atoms in total. The lowest BCUT2D eigenvalue weighted by Crippen LogP contribution is -2.25. The number of nitrogens with zero attached hydrogens (tertiary/aromatic N) is 6. The van der Waals surface area contributed by atoms with Crippen molar-refractivity contribution in [1.82, 2.24) is 30.1 Å². The zero-order valence-corrected chi connectivity index (χ0v) is 23.9. The maximum Gasteiger partial charge on any atom is 0.246 e. The number of rotatable bonds is 10. The molecule has 0 saturated carbocycles. The fourth-order valence-electron chi connectivity index (χ4n) is 4.37. The van der Waals surface area contributed by atoms with Crippen LogP contribution in [0.2, 0.25) is 0 Å². The Labute approximate surface area is 237 Å². The van der Waals surface area contributed by atoms with Gasteiger partial charge in [0.15, 0.2) is 0 Å². The third kappa shape index (κ3) is 6.20. The van der Waals surface area contributed by atoms with Gasteiger partial charge in [-0.1, -0.05) is 49.4 Å². The van der Waals surface area contributed by atoms with E-state index in [9.17, 15) is 9.59 Å². The Hall–Kier alpha value is -4.12. The molecule has 1 aliphatic rings. The second-order valence-corrected chi connectivity index (χ2v) is 11.1. The van der Waals surface area contributed by atoms with Crippen molar-refractivity contribution >= 4 is 23.2 Å². The van der Waals surface area contributed by atoms with E-state index in [1.54, 1.807) is 23.3 Å². The van der Waals surface area contributed by atoms with Crippen LogP contribution in [-0.4, -0.2) is 55.5 Å². The fourth-order valence-corrected chi connectivity index (χ4v) is 5.22. The Balaban J connectivity index is 1.40. The van der Waals surface area contributed by atoms with Crippen molar-refractivity contribution in [2.45, 2.75) is 59.0 Å². The number of hydrogen-bond donors (Lipinski definition) is 0. The molecule has 0 N–H and O–H groups in total. The Morgan fingerprint density at radius 2 is 1.93 bits per heavy atom. The van der Waals surface area contributed by atoms with Gasteiger partial charge in [0, 0.05) is 55.6 Å². The molecule has 0 spiro atoms. The fraction of sp³-hybridized carbons (Fsp3) is 0.379. The number of benzene rings is 2. The lowest BCUT2D eigenvalue weighted by molar-refractivity contribution is -0.130. The van der Waals surface area contributed by atoms with Crippen molar-refractivity contribution in [3.63, 3.8) is 0 Å². The number of likely N-dealkylation sites (tertiary alicyclic amines) is 1. The molecule has 2 aromatic carbocycles. The van der Waals surface area contributed by atoms with Gasteiger partial charge in [0.2, 0.25) is 23.5 Å². The number of ether oxygens (including phenoxy) is 1. The van der Waals surface area contributed by atoms with Gasteiger partial charge in [-0.15, -0.1) is 10.2 Å². The van der Waals surface area contributed by atoms with Crippen molar-refractivity contribution in [2.24, 2.45) is 0 Å². The smallest absolute Gasteiger partial charge is 0.246 e. The quantitative estimate of drug-likeness (QED) is 0.244. The molecule has 5 rings (SSSR count). The molecule has 2 amide bonds. The van der Waals surface area contributed by atoms with Gasteiger partial charge >= 0.3 is 0 Å². The summed E-state index contributed by atoms with van der Waals surface area (Å²) < 4.78 is 11.8. The minimum Gasteiger partial charge on any atom is -0.457 e. The van der Waals surface area contributed by atoms with E-state index in [0.29, 0.717) is 54.1 Å². The van der Waals surface area contributed by atoms with Crippen LogP contribution in [0.5, 0.6) is 11.5 Å². The first kappa shape index (κ1) is 27.4. The summed E-state index contributed by atoms with van der Waals surface area (Å²) in [5, 5.41) is 14.6. The monoisotopic (exact) mass is 560 g/mol. The Morgan fingerprint density at radius 1 is 1.15 bits per heavy atom. The van der Waals surface area contributed by atoms with Crippen LogP contribution in [0.25, 0.3) is 22.0 Å². The molecule has 0 radical (unpaired) electrons. The van der Waals surface area contributed by atoms with Crippen LogP contribution in [0.4, 0.5) is 0 Å². The molecule has 4 aromatic rings. The van der Waals surface area contributed by atoms with Crippen LogP contribution < -0.4 is 4.74 Å². The highest BCUT2D eigenvalue weighted by molar-refractivity contribution is 7.14. The van der Waals surface area contributed by atoms with E-state index < -0.39 is 0 Å². The average Bonchev–Trinajstić information content (AvgIpc) is 3.72. The third-order valence-corrected chi connectivity index (χ3v) is 7.96. The van der Waals surface area contributed by atoms with Gasteiger partial charge in [-0.2, -0.15) is 4.98 Å². The summed E-state index contributed by atoms with van der Waals surface area (Å²) in [6.07, 6.45) is 1.83. The lowest BCUT2D eigenvalue weighted by atomic mass is 10.1. The Morgan fingerprint density at radius 3 is 2.60 bits per heavy atom. The normalized spacial score (nSPS) is 13.3. The van der Waals surface area contributed by atoms with Gasteiger partial charge in [-0.25, -0.2) is 0 Å². The van der Waals surface area contributed by atoms with E-state index in [1.807, 2.05) is 54.3 Å². The summed E-state index contributed by atoms with van der Waals surface area (Å²) in [6, 6.07) is 13.4. The molecule has 0 unspecified atom stereocenters. The molecular weight excluding hydrogens is 528 g/mol. The summed E-state index contributed by atoms with van der Waals surface area (Å²) >= 11 is 1.59. The molecule has 40 heavy (non-hydrogen) atoms. The zero-order valence-electron chi connectivity index (χ0n) is 23.1. The SMILES string of the molecule is CCC(=O)N(C)Cc1nc(-c2ccc(CN3CCCC3=O)c(Oc3ccc(-c4nnc(C(C)C)s4)cc3)c2)no1. The molecule has 1 aliphatic heterocycles. The number of carbonyl (C=O) groups is 2. The lowest BCUT2D eigenvalue weighted by Gasteiger charge is -2.19. The van der Waals surface area contributed by atoms with Gasteiger partial charge < -0.3 is 19.1 Å². The molecule has 1 saturated heterocycles. The second-order valence-electron chi connectivity index (χ2n) is 10.1. The van der Waals surface area contributed by atoms with Crippen molar-refractivity contribution in [3.8, 4) is 33.5 Å². The predicted octanol–water partition coefficient (Wildman–Crippen LogP) is 5.66. The third-order valence-electron chi connectivity index (χ3n) is 6.69. The molecule has 1 fully saturated rings. The highest BCUT2D eigenvalue weighted by atomic mass is 32.1. The van der Waals surface area contributed by atoms with E-state index in [-0.39, 0.29) is 18.4 Å². The largest absolute Gasteiger partial charge is 0.457 e. The van der Waals surface area contributed by atoms with Gasteiger partial charge in [0.05, 0.1) is 6.54 Å². The predicted molar refractivity (Wildman–Crippen MR) is 151 cm³/mol. The molecular formula is C29H32N6O4S. The highest BCUT2D eigenvalue weighted by Gasteiger charge is 2.23. The number of hydrogen-bond acceptors (Lipinski definition) is 9. The molecule has 0 bridgehead atoms. The van der Waals surface area contributed by atoms with Crippen molar-refractivity contribution < 1.29 is 18.8 Å². The van der Waals surface area contributed by atoms with Crippen molar-refractivity contribution in [3.05, 3.63) is 58.9 Å². The number of carbonyl (C=O) groups excluding carboxylic acids is 2. The average molecular weight is 561 g/mol. The van der Waals surface area contributed by atoms with Crippen molar-refractivity contribution in [1.29, 1.82) is 0 Å². The minimum absolute atomic E-state index is 0.00578. The van der Waals surface area contributed by atoms with Crippen molar-refractivity contribution in [2.75, 3.05) is 13.6 Å². The first-order chi connectivity index (χ1) is 19.3. The standard InChI is InChI=1S/C29H32N6O4S/c1-5-25(36)34(4)17-24-30-27(33-39-24)20-8-9-21(16-35-14-6-7-26(35)37)23(15-20)38-22-12-10-19(11-13-22)29-32-31-28(40-29)18(2)3/h8-13,15,18H,5-7,14,16-17H2,1-4H3. The molecule has 0 atom stereocenters. The van der Waals surface area contributed by atoms with E-state index in [0.717, 1.165) is 34.1 Å². The molecule has 208 valence electrons. The maximum atomic E-state index is 12.3. The van der Waals surface area contributed by atoms with Crippen LogP contribution in [0.1, 0.15) is 62.4 Å². The summed E-state index contributed by atoms with van der Waals surface area (Å²) in [5.41, 5.74) is 2.56. The Bertz CT molecular complexity index is 1500. The van der Waals surface area contributed by atoms with Gasteiger partial charge in [0.1, 0.15) is 21.5 Å². The molecule has 2 aromatic heterocycles. The van der Waals surface area contributed by atoms with Crippen LogP contribution >= 0.6 is 11.3 Å². The van der Waals surface area contributed by atoms with E-state index in [1.165, 1.54) is 0 Å². The minimum atomic E-state index is -0.00578. The summed E-state index contributed by atoms with van der Waals surface area (Å²) in [7, 11) is 1.70. The van der Waals surface area contributed by atoms with E-state index in [2.05, 4.69) is 34.2 Å². The first-order valence-electron chi connectivity index (χ1n) is 13.4. The summed E-state index contributed by atoms with van der Waals surface area (Å²) in [4.78, 5) is 32.1. The summed E-state index contributed by atoms with van der Waals surface area (Å²) in [6.45, 7) is 7.43. The molecule has 11 heteroatoms. The van der Waals surface area contributed by atoms with E-state index in [4.69, 9.17) is 9.26 Å². The number of amides is 2. The topological polar surface area (TPSA) is 115 Å². The Kier molecular flexibility index (Phi) is 8.20. The first-order valence-corrected chi connectivity index (χ1v) is 14.2. The van der Waals surface area contributed by atoms with Gasteiger partial charge in [-0.3, -0.25) is 9.59 Å².